The zero-order chi connectivity index (χ0) is 14.8. The number of hydrogen-bond acceptors (Lipinski definition) is 2. The van der Waals surface area contributed by atoms with Crippen LogP contribution < -0.4 is 10.6 Å². The summed E-state index contributed by atoms with van der Waals surface area (Å²) >= 11 is 0. The van der Waals surface area contributed by atoms with E-state index in [0.717, 1.165) is 31.8 Å². The number of rotatable bonds is 4. The van der Waals surface area contributed by atoms with Crippen molar-refractivity contribution in [3.05, 3.63) is 17.5 Å². The second-order valence-corrected chi connectivity index (χ2v) is 6.50. The molecule has 0 aromatic carbocycles. The molecular formula is C16H28IN5. The minimum atomic E-state index is 0. The van der Waals surface area contributed by atoms with Gasteiger partial charge in [0.1, 0.15) is 0 Å². The third-order valence-corrected chi connectivity index (χ3v) is 4.20. The highest BCUT2D eigenvalue weighted by Crippen LogP contribution is 2.22. The lowest BCUT2D eigenvalue weighted by Crippen LogP contribution is -2.46. The zero-order valence-electron chi connectivity index (χ0n) is 13.8. The number of guanidine groups is 1. The summed E-state index contributed by atoms with van der Waals surface area (Å²) in [5.74, 6) is 0.983. The van der Waals surface area contributed by atoms with Crippen molar-refractivity contribution in [2.24, 2.45) is 4.99 Å². The second-order valence-electron chi connectivity index (χ2n) is 6.50. The Bertz CT molecular complexity index is 519. The number of halogens is 1. The molecule has 2 N–H and O–H groups in total. The Hall–Kier alpha value is -0.790. The van der Waals surface area contributed by atoms with E-state index in [1.807, 2.05) is 0 Å². The first-order chi connectivity index (χ1) is 10.2. The van der Waals surface area contributed by atoms with Gasteiger partial charge in [-0.05, 0) is 52.0 Å². The molecule has 22 heavy (non-hydrogen) atoms. The molecule has 0 radical (unpaired) electrons. The van der Waals surface area contributed by atoms with Crippen LogP contribution in [0.1, 0.15) is 57.3 Å². The molecule has 1 aromatic rings. The van der Waals surface area contributed by atoms with Gasteiger partial charge in [0.25, 0.3) is 0 Å². The van der Waals surface area contributed by atoms with Crippen LogP contribution >= 0.6 is 24.0 Å². The molecule has 2 aliphatic rings. The van der Waals surface area contributed by atoms with Gasteiger partial charge in [-0.3, -0.25) is 9.67 Å². The highest BCUT2D eigenvalue weighted by atomic mass is 127. The van der Waals surface area contributed by atoms with E-state index in [1.54, 1.807) is 0 Å². The summed E-state index contributed by atoms with van der Waals surface area (Å²) < 4.78 is 2.09. The van der Waals surface area contributed by atoms with Gasteiger partial charge < -0.3 is 10.6 Å². The maximum Gasteiger partial charge on any atom is 0.191 e. The standard InChI is InChI=1S/C16H27N5.HI/c1-4-17-16(18-13-7-8-13)19-14-6-5-12-10-21(11(2)3)20-15(12)9-14;/h10-11,13-14H,4-9H2,1-3H3,(H2,17,18,19);1H. The summed E-state index contributed by atoms with van der Waals surface area (Å²) in [5.41, 5.74) is 2.68. The molecule has 1 fully saturated rings. The van der Waals surface area contributed by atoms with Crippen LogP contribution in [0.4, 0.5) is 0 Å². The first-order valence-electron chi connectivity index (χ1n) is 8.30. The molecule has 6 heteroatoms. The van der Waals surface area contributed by atoms with Gasteiger partial charge >= 0.3 is 0 Å². The lowest BCUT2D eigenvalue weighted by Gasteiger charge is -2.24. The minimum absolute atomic E-state index is 0. The predicted octanol–water partition coefficient (Wildman–Crippen LogP) is 2.66. The third kappa shape index (κ3) is 4.36. The highest BCUT2D eigenvalue weighted by molar-refractivity contribution is 14.0. The van der Waals surface area contributed by atoms with E-state index in [-0.39, 0.29) is 24.0 Å². The Morgan fingerprint density at radius 2 is 2.05 bits per heavy atom. The Kier molecular flexibility index (Phi) is 6.11. The van der Waals surface area contributed by atoms with E-state index in [2.05, 4.69) is 47.3 Å². The number of aromatic nitrogens is 2. The van der Waals surface area contributed by atoms with Crippen LogP contribution in [0.5, 0.6) is 0 Å². The van der Waals surface area contributed by atoms with E-state index in [9.17, 15) is 0 Å². The predicted molar refractivity (Wildman–Crippen MR) is 101 cm³/mol. The average Bonchev–Trinajstić information content (AvgIpc) is 3.15. The lowest BCUT2D eigenvalue weighted by molar-refractivity contribution is 0.499. The number of nitrogens with one attached hydrogen (secondary N) is 2. The van der Waals surface area contributed by atoms with Crippen LogP contribution in [-0.4, -0.2) is 34.4 Å². The molecular weight excluding hydrogens is 389 g/mol. The van der Waals surface area contributed by atoms with E-state index >= 15 is 0 Å². The number of aliphatic imine (C=N–C) groups is 1. The fourth-order valence-corrected chi connectivity index (χ4v) is 2.81. The summed E-state index contributed by atoms with van der Waals surface area (Å²) in [4.78, 5) is 4.56. The average molecular weight is 417 g/mol. The molecule has 2 aliphatic carbocycles. The molecule has 1 heterocycles. The number of aryl methyl sites for hydroxylation is 1. The molecule has 0 spiro atoms. The number of nitrogens with zero attached hydrogens (tertiary/aromatic N) is 3. The molecule has 0 amide bonds. The Balaban J connectivity index is 0.00000176. The fourth-order valence-electron chi connectivity index (χ4n) is 2.81. The molecule has 1 unspecified atom stereocenters. The van der Waals surface area contributed by atoms with E-state index in [4.69, 9.17) is 5.10 Å². The quantitative estimate of drug-likeness (QED) is 0.450. The first kappa shape index (κ1) is 17.6. The Morgan fingerprint density at radius 3 is 2.68 bits per heavy atom. The Labute approximate surface area is 150 Å². The van der Waals surface area contributed by atoms with Crippen molar-refractivity contribution < 1.29 is 0 Å². The van der Waals surface area contributed by atoms with Gasteiger partial charge in [0, 0.05) is 37.3 Å². The molecule has 1 saturated carbocycles. The van der Waals surface area contributed by atoms with Crippen molar-refractivity contribution >= 4 is 29.9 Å². The molecule has 5 nitrogen and oxygen atoms in total. The van der Waals surface area contributed by atoms with Crippen LogP contribution in [0.3, 0.4) is 0 Å². The third-order valence-electron chi connectivity index (χ3n) is 4.20. The first-order valence-corrected chi connectivity index (χ1v) is 8.30. The largest absolute Gasteiger partial charge is 0.354 e. The summed E-state index contributed by atoms with van der Waals surface area (Å²) in [7, 11) is 0. The smallest absolute Gasteiger partial charge is 0.191 e. The highest BCUT2D eigenvalue weighted by Gasteiger charge is 2.26. The van der Waals surface area contributed by atoms with Gasteiger partial charge in [-0.15, -0.1) is 24.0 Å². The van der Waals surface area contributed by atoms with Crippen LogP contribution in [0.25, 0.3) is 0 Å². The summed E-state index contributed by atoms with van der Waals surface area (Å²) in [6.07, 6.45) is 8.05. The maximum absolute atomic E-state index is 4.74. The van der Waals surface area contributed by atoms with Crippen molar-refractivity contribution in [3.8, 4) is 0 Å². The van der Waals surface area contributed by atoms with Gasteiger partial charge in [-0.25, -0.2) is 0 Å². The molecule has 0 saturated heterocycles. The molecule has 0 aliphatic heterocycles. The Morgan fingerprint density at radius 1 is 1.32 bits per heavy atom. The van der Waals surface area contributed by atoms with Crippen molar-refractivity contribution in [2.75, 3.05) is 6.54 Å². The maximum atomic E-state index is 4.74. The summed E-state index contributed by atoms with van der Waals surface area (Å²) in [6.45, 7) is 7.26. The summed E-state index contributed by atoms with van der Waals surface area (Å²) in [6, 6.07) is 1.53. The van der Waals surface area contributed by atoms with Crippen LogP contribution in [0.2, 0.25) is 0 Å². The number of hydrogen-bond donors (Lipinski definition) is 2. The molecule has 1 atom stereocenters. The SMILES string of the molecule is CCN=C(NC1CC1)NC1CCc2cn(C(C)C)nc2C1.I. The topological polar surface area (TPSA) is 54.2 Å². The van der Waals surface area contributed by atoms with E-state index in [1.165, 1.54) is 24.1 Å². The summed E-state index contributed by atoms with van der Waals surface area (Å²) in [5, 5.41) is 11.8. The number of fused-ring (bicyclic) bond motifs is 1. The van der Waals surface area contributed by atoms with Gasteiger partial charge in [-0.2, -0.15) is 5.10 Å². The van der Waals surface area contributed by atoms with Gasteiger partial charge in [0.2, 0.25) is 0 Å². The van der Waals surface area contributed by atoms with Crippen molar-refractivity contribution in [1.29, 1.82) is 0 Å². The van der Waals surface area contributed by atoms with E-state index in [0.29, 0.717) is 18.1 Å². The molecule has 0 bridgehead atoms. The van der Waals surface area contributed by atoms with Crippen molar-refractivity contribution in [3.63, 3.8) is 0 Å². The molecule has 3 rings (SSSR count). The van der Waals surface area contributed by atoms with Gasteiger partial charge in [0.15, 0.2) is 5.96 Å². The van der Waals surface area contributed by atoms with Gasteiger partial charge in [-0.1, -0.05) is 0 Å². The van der Waals surface area contributed by atoms with Crippen molar-refractivity contribution in [2.45, 2.75) is 71.0 Å². The van der Waals surface area contributed by atoms with E-state index < -0.39 is 0 Å². The normalized spacial score (nSPS) is 21.3. The van der Waals surface area contributed by atoms with Crippen LogP contribution in [0.15, 0.2) is 11.2 Å². The van der Waals surface area contributed by atoms with Crippen LogP contribution in [-0.2, 0) is 12.8 Å². The zero-order valence-corrected chi connectivity index (χ0v) is 16.1. The second kappa shape index (κ2) is 7.66. The van der Waals surface area contributed by atoms with Crippen LogP contribution in [0, 0.1) is 0 Å². The lowest BCUT2D eigenvalue weighted by atomic mass is 9.94. The molecule has 1 aromatic heterocycles. The minimum Gasteiger partial charge on any atom is -0.354 e. The molecule has 124 valence electrons. The van der Waals surface area contributed by atoms with Gasteiger partial charge in [0.05, 0.1) is 5.69 Å². The monoisotopic (exact) mass is 417 g/mol. The fraction of sp³-hybridized carbons (Fsp3) is 0.750. The van der Waals surface area contributed by atoms with Crippen molar-refractivity contribution in [1.82, 2.24) is 20.4 Å².